The minimum atomic E-state index is -1.00. The Morgan fingerprint density at radius 1 is 1.44 bits per heavy atom. The molecule has 0 aliphatic carbocycles. The number of nitrogens with one attached hydrogen (secondary N) is 2. The van der Waals surface area contributed by atoms with Crippen molar-refractivity contribution in [3.05, 3.63) is 12.7 Å². The van der Waals surface area contributed by atoms with Crippen LogP contribution in [-0.4, -0.2) is 41.2 Å². The van der Waals surface area contributed by atoms with Crippen LogP contribution in [-0.2, 0) is 4.79 Å². The number of urea groups is 1. The number of aliphatic carboxylic acids is 1. The molecule has 104 valence electrons. The van der Waals surface area contributed by atoms with Gasteiger partial charge in [0.2, 0.25) is 0 Å². The predicted octanol–water partition coefficient (Wildman–Crippen LogP) is 1.70. The zero-order valence-electron chi connectivity index (χ0n) is 10.9. The Kier molecular flexibility index (Phi) is 9.18. The third-order valence-corrected chi connectivity index (χ3v) is 3.04. The predicted molar refractivity (Wildman–Crippen MR) is 74.9 cm³/mol. The highest BCUT2D eigenvalue weighted by molar-refractivity contribution is 7.99. The van der Waals surface area contributed by atoms with Gasteiger partial charge in [0.1, 0.15) is 6.04 Å². The van der Waals surface area contributed by atoms with Crippen LogP contribution in [0, 0.1) is 5.92 Å². The van der Waals surface area contributed by atoms with Crippen LogP contribution in [0.5, 0.6) is 0 Å². The summed E-state index contributed by atoms with van der Waals surface area (Å²) in [4.78, 5) is 22.4. The fourth-order valence-corrected chi connectivity index (χ4v) is 1.89. The molecule has 0 saturated heterocycles. The highest BCUT2D eigenvalue weighted by Gasteiger charge is 2.20. The van der Waals surface area contributed by atoms with E-state index in [2.05, 4.69) is 17.2 Å². The van der Waals surface area contributed by atoms with E-state index in [1.165, 1.54) is 0 Å². The first-order chi connectivity index (χ1) is 8.47. The fraction of sp³-hybridized carbons (Fsp3) is 0.667. The molecule has 0 rings (SSSR count). The minimum absolute atomic E-state index is 0.217. The van der Waals surface area contributed by atoms with E-state index in [-0.39, 0.29) is 5.92 Å². The Bertz CT molecular complexity index is 282. The van der Waals surface area contributed by atoms with E-state index in [9.17, 15) is 9.59 Å². The average molecular weight is 274 g/mol. The summed E-state index contributed by atoms with van der Waals surface area (Å²) >= 11 is 1.65. The number of carbonyl (C=O) groups is 2. The number of rotatable bonds is 9. The molecule has 2 amide bonds. The fourth-order valence-electron chi connectivity index (χ4n) is 1.31. The molecule has 6 heteroatoms. The van der Waals surface area contributed by atoms with Gasteiger partial charge in [-0.2, -0.15) is 11.8 Å². The third kappa shape index (κ3) is 8.92. The lowest BCUT2D eigenvalue weighted by molar-refractivity contribution is -0.139. The summed E-state index contributed by atoms with van der Waals surface area (Å²) in [5, 5.41) is 14.0. The van der Waals surface area contributed by atoms with Crippen molar-refractivity contribution in [2.75, 3.05) is 18.1 Å². The van der Waals surface area contributed by atoms with Crippen molar-refractivity contribution >= 4 is 23.8 Å². The van der Waals surface area contributed by atoms with Crippen LogP contribution in [0.3, 0.4) is 0 Å². The average Bonchev–Trinajstić information content (AvgIpc) is 2.27. The first-order valence-corrected chi connectivity index (χ1v) is 7.08. The van der Waals surface area contributed by atoms with Crippen molar-refractivity contribution in [2.45, 2.75) is 26.3 Å². The van der Waals surface area contributed by atoms with Crippen molar-refractivity contribution in [3.8, 4) is 0 Å². The quantitative estimate of drug-likeness (QED) is 0.442. The number of hydrogen-bond acceptors (Lipinski definition) is 3. The molecule has 0 spiro atoms. The van der Waals surface area contributed by atoms with Gasteiger partial charge >= 0.3 is 12.0 Å². The van der Waals surface area contributed by atoms with Crippen molar-refractivity contribution in [1.29, 1.82) is 0 Å². The van der Waals surface area contributed by atoms with E-state index >= 15 is 0 Å². The van der Waals surface area contributed by atoms with E-state index in [1.54, 1.807) is 17.8 Å². The normalized spacial score (nSPS) is 11.9. The Hall–Kier alpha value is -1.17. The van der Waals surface area contributed by atoms with Gasteiger partial charge in [0.15, 0.2) is 0 Å². The second kappa shape index (κ2) is 9.82. The van der Waals surface area contributed by atoms with Crippen molar-refractivity contribution in [1.82, 2.24) is 10.6 Å². The highest BCUT2D eigenvalue weighted by atomic mass is 32.2. The summed E-state index contributed by atoms with van der Waals surface area (Å²) in [6, 6.07) is -1.26. The molecule has 18 heavy (non-hydrogen) atoms. The minimum Gasteiger partial charge on any atom is -0.480 e. The van der Waals surface area contributed by atoms with Gasteiger partial charge < -0.3 is 15.7 Å². The topological polar surface area (TPSA) is 78.4 Å². The molecule has 0 unspecified atom stereocenters. The van der Waals surface area contributed by atoms with E-state index in [1.807, 2.05) is 13.8 Å². The zero-order chi connectivity index (χ0) is 14.0. The first kappa shape index (κ1) is 16.8. The largest absolute Gasteiger partial charge is 0.480 e. The SMILES string of the molecule is C=CCSCCNC(=O)N[C@@H](CC(C)C)C(=O)O. The van der Waals surface area contributed by atoms with Gasteiger partial charge in [0.25, 0.3) is 0 Å². The zero-order valence-corrected chi connectivity index (χ0v) is 11.8. The third-order valence-electron chi connectivity index (χ3n) is 2.08. The molecule has 5 nitrogen and oxygen atoms in total. The number of carboxylic acid groups (broad SMARTS) is 1. The molecule has 0 aliphatic heterocycles. The molecule has 0 aromatic rings. The van der Waals surface area contributed by atoms with Crippen molar-refractivity contribution < 1.29 is 14.7 Å². The van der Waals surface area contributed by atoms with Crippen LogP contribution in [0.25, 0.3) is 0 Å². The smallest absolute Gasteiger partial charge is 0.326 e. The number of thioether (sulfide) groups is 1. The van der Waals surface area contributed by atoms with Gasteiger partial charge in [-0.15, -0.1) is 6.58 Å². The summed E-state index contributed by atoms with van der Waals surface area (Å²) in [6.45, 7) is 7.94. The lowest BCUT2D eigenvalue weighted by atomic mass is 10.0. The summed E-state index contributed by atoms with van der Waals surface area (Å²) in [5.74, 6) is 0.838. The van der Waals surface area contributed by atoms with Crippen LogP contribution >= 0.6 is 11.8 Å². The summed E-state index contributed by atoms with van der Waals surface area (Å²) in [6.07, 6.45) is 2.22. The molecule has 0 aromatic carbocycles. The second-order valence-corrected chi connectivity index (χ2v) is 5.43. The molecule has 0 aliphatic rings. The van der Waals surface area contributed by atoms with Gasteiger partial charge in [-0.25, -0.2) is 9.59 Å². The van der Waals surface area contributed by atoms with E-state index in [0.717, 1.165) is 11.5 Å². The highest BCUT2D eigenvalue weighted by Crippen LogP contribution is 2.04. The van der Waals surface area contributed by atoms with Crippen LogP contribution in [0.4, 0.5) is 4.79 Å². The molecule has 0 bridgehead atoms. The molecular weight excluding hydrogens is 252 g/mol. The van der Waals surface area contributed by atoms with Crippen molar-refractivity contribution in [3.63, 3.8) is 0 Å². The van der Waals surface area contributed by atoms with E-state index < -0.39 is 18.0 Å². The van der Waals surface area contributed by atoms with Gasteiger partial charge in [-0.1, -0.05) is 19.9 Å². The molecule has 0 aromatic heterocycles. The van der Waals surface area contributed by atoms with E-state index in [0.29, 0.717) is 13.0 Å². The Morgan fingerprint density at radius 3 is 2.61 bits per heavy atom. The maximum atomic E-state index is 11.5. The molecule has 0 radical (unpaired) electrons. The van der Waals surface area contributed by atoms with Gasteiger partial charge in [-0.3, -0.25) is 0 Å². The van der Waals surface area contributed by atoms with Gasteiger partial charge in [0.05, 0.1) is 0 Å². The summed E-state index contributed by atoms with van der Waals surface area (Å²) in [5.41, 5.74) is 0. The second-order valence-electron chi connectivity index (χ2n) is 4.28. The van der Waals surface area contributed by atoms with Crippen LogP contribution in [0.15, 0.2) is 12.7 Å². The first-order valence-electron chi connectivity index (χ1n) is 5.93. The van der Waals surface area contributed by atoms with Crippen molar-refractivity contribution in [2.24, 2.45) is 5.92 Å². The van der Waals surface area contributed by atoms with E-state index in [4.69, 9.17) is 5.11 Å². The lowest BCUT2D eigenvalue weighted by Crippen LogP contribution is -2.47. The molecule has 0 saturated carbocycles. The number of carbonyl (C=O) groups excluding carboxylic acids is 1. The standard InChI is InChI=1S/C12H22N2O3S/c1-4-6-18-7-5-13-12(17)14-10(11(15)16)8-9(2)3/h4,9-10H,1,5-8H2,2-3H3,(H,15,16)(H2,13,14,17)/t10-/m0/s1. The number of amides is 2. The Balaban J connectivity index is 3.88. The molecule has 0 fully saturated rings. The number of carboxylic acids is 1. The Labute approximate surface area is 112 Å². The molecule has 3 N–H and O–H groups in total. The van der Waals surface area contributed by atoms with Crippen LogP contribution < -0.4 is 10.6 Å². The maximum absolute atomic E-state index is 11.5. The molecule has 1 atom stereocenters. The van der Waals surface area contributed by atoms with Gasteiger partial charge in [-0.05, 0) is 12.3 Å². The lowest BCUT2D eigenvalue weighted by Gasteiger charge is -2.16. The summed E-state index contributed by atoms with van der Waals surface area (Å²) in [7, 11) is 0. The summed E-state index contributed by atoms with van der Waals surface area (Å²) < 4.78 is 0. The number of hydrogen-bond donors (Lipinski definition) is 3. The van der Waals surface area contributed by atoms with Gasteiger partial charge in [0, 0.05) is 18.1 Å². The molecular formula is C12H22N2O3S. The maximum Gasteiger partial charge on any atom is 0.326 e. The molecule has 0 heterocycles. The van der Waals surface area contributed by atoms with Crippen LogP contribution in [0.2, 0.25) is 0 Å². The Morgan fingerprint density at radius 2 is 2.11 bits per heavy atom. The monoisotopic (exact) mass is 274 g/mol. The van der Waals surface area contributed by atoms with Crippen LogP contribution in [0.1, 0.15) is 20.3 Å².